The number of nitrogens with zero attached hydrogens (tertiary/aromatic N) is 2. The van der Waals surface area contributed by atoms with E-state index in [1.54, 1.807) is 0 Å². The van der Waals surface area contributed by atoms with Crippen molar-refractivity contribution in [2.45, 2.75) is 0 Å². The fourth-order valence-electron chi connectivity index (χ4n) is 1.38. The van der Waals surface area contributed by atoms with E-state index in [2.05, 4.69) is 25.5 Å². The van der Waals surface area contributed by atoms with Crippen molar-refractivity contribution in [2.24, 2.45) is 0 Å². The number of ether oxygens (including phenoxy) is 1. The number of hydrogen-bond acceptors (Lipinski definition) is 5. The third-order valence-electron chi connectivity index (χ3n) is 2.10. The highest BCUT2D eigenvalue weighted by Crippen LogP contribution is 2.28. The number of hydrogen-bond donors (Lipinski definition) is 2. The van der Waals surface area contributed by atoms with Crippen LogP contribution >= 0.6 is 12.4 Å². The van der Waals surface area contributed by atoms with E-state index in [1.807, 2.05) is 0 Å². The summed E-state index contributed by atoms with van der Waals surface area (Å²) in [5, 5.41) is 6.50. The van der Waals surface area contributed by atoms with Gasteiger partial charge in [0, 0.05) is 0 Å². The van der Waals surface area contributed by atoms with Crippen LogP contribution in [-0.2, 0) is 4.84 Å². The van der Waals surface area contributed by atoms with Crippen molar-refractivity contribution in [3.8, 4) is 17.1 Å². The lowest BCUT2D eigenvalue weighted by Gasteiger charge is -2.05. The molecular weight excluding hydrogens is 263 g/mol. The Hall–Kier alpha value is -1.86. The molecule has 2 N–H and O–H groups in total. The van der Waals surface area contributed by atoms with Crippen molar-refractivity contribution in [1.82, 2.24) is 15.2 Å². The SMILES string of the molecule is CONc1n[nH]c(-c2cc(F)ccc2OC)n1.Cl. The minimum atomic E-state index is -0.376. The quantitative estimate of drug-likeness (QED) is 0.835. The third kappa shape index (κ3) is 2.88. The van der Waals surface area contributed by atoms with Gasteiger partial charge in [0.05, 0.1) is 19.8 Å². The molecule has 0 spiro atoms. The van der Waals surface area contributed by atoms with Crippen LogP contribution in [0.1, 0.15) is 0 Å². The van der Waals surface area contributed by atoms with Crippen LogP contribution in [0.3, 0.4) is 0 Å². The van der Waals surface area contributed by atoms with Gasteiger partial charge in [-0.05, 0) is 18.2 Å². The van der Waals surface area contributed by atoms with Crippen molar-refractivity contribution in [3.05, 3.63) is 24.0 Å². The maximum absolute atomic E-state index is 13.2. The van der Waals surface area contributed by atoms with E-state index in [0.29, 0.717) is 17.1 Å². The van der Waals surface area contributed by atoms with Gasteiger partial charge in [-0.25, -0.2) is 9.87 Å². The highest BCUT2D eigenvalue weighted by Gasteiger charge is 2.11. The Balaban J connectivity index is 0.00000162. The Bertz CT molecular complexity index is 520. The van der Waals surface area contributed by atoms with E-state index >= 15 is 0 Å². The van der Waals surface area contributed by atoms with Crippen molar-refractivity contribution in [1.29, 1.82) is 0 Å². The second kappa shape index (κ2) is 6.18. The van der Waals surface area contributed by atoms with Crippen LogP contribution < -0.4 is 10.2 Å². The van der Waals surface area contributed by atoms with Crippen molar-refractivity contribution < 1.29 is 14.0 Å². The molecule has 1 aromatic heterocycles. The molecule has 6 nitrogen and oxygen atoms in total. The number of benzene rings is 1. The number of aromatic amines is 1. The van der Waals surface area contributed by atoms with Crippen LogP contribution in [0.15, 0.2) is 18.2 Å². The molecule has 0 aliphatic carbocycles. The predicted octanol–water partition coefficient (Wildman–Crippen LogP) is 2.01. The molecule has 0 bridgehead atoms. The molecule has 1 heterocycles. The van der Waals surface area contributed by atoms with Gasteiger partial charge in [0.1, 0.15) is 11.6 Å². The summed E-state index contributed by atoms with van der Waals surface area (Å²) in [5.41, 5.74) is 2.95. The van der Waals surface area contributed by atoms with Gasteiger partial charge in [0.15, 0.2) is 5.82 Å². The first-order chi connectivity index (χ1) is 8.24. The van der Waals surface area contributed by atoms with Crippen LogP contribution in [-0.4, -0.2) is 29.4 Å². The minimum Gasteiger partial charge on any atom is -0.496 e. The number of rotatable bonds is 4. The lowest BCUT2D eigenvalue weighted by atomic mass is 10.2. The van der Waals surface area contributed by atoms with Gasteiger partial charge in [0.2, 0.25) is 0 Å². The van der Waals surface area contributed by atoms with Gasteiger partial charge < -0.3 is 4.74 Å². The van der Waals surface area contributed by atoms with Crippen molar-refractivity contribution in [3.63, 3.8) is 0 Å². The maximum atomic E-state index is 13.2. The Morgan fingerprint density at radius 3 is 2.78 bits per heavy atom. The van der Waals surface area contributed by atoms with Gasteiger partial charge in [0.25, 0.3) is 5.95 Å². The standard InChI is InChI=1S/C10H11FN4O2.ClH/c1-16-8-4-3-6(11)5-7(8)9-12-10(14-13-9)15-17-2;/h3-5H,1-2H3,(H2,12,13,14,15);1H. The first kappa shape index (κ1) is 14.2. The Kier molecular flexibility index (Phi) is 4.87. The van der Waals surface area contributed by atoms with Crippen LogP contribution in [0.5, 0.6) is 5.75 Å². The zero-order valence-electron chi connectivity index (χ0n) is 9.73. The monoisotopic (exact) mass is 274 g/mol. The van der Waals surface area contributed by atoms with E-state index in [9.17, 15) is 4.39 Å². The lowest BCUT2D eigenvalue weighted by Crippen LogP contribution is -1.97. The second-order valence-corrected chi connectivity index (χ2v) is 3.16. The Morgan fingerprint density at radius 1 is 1.33 bits per heavy atom. The second-order valence-electron chi connectivity index (χ2n) is 3.16. The number of aromatic nitrogens is 3. The molecule has 0 unspecified atom stereocenters. The molecule has 0 fully saturated rings. The van der Waals surface area contributed by atoms with Crippen LogP contribution in [0, 0.1) is 5.82 Å². The van der Waals surface area contributed by atoms with Gasteiger partial charge in [-0.1, -0.05) is 0 Å². The number of H-pyrrole nitrogens is 1. The van der Waals surface area contributed by atoms with Gasteiger partial charge in [-0.3, -0.25) is 9.94 Å². The topological polar surface area (TPSA) is 72.1 Å². The Labute approximate surface area is 109 Å². The van der Waals surface area contributed by atoms with Gasteiger partial charge >= 0.3 is 0 Å². The van der Waals surface area contributed by atoms with Gasteiger partial charge in [-0.2, -0.15) is 4.98 Å². The Morgan fingerprint density at radius 2 is 2.11 bits per heavy atom. The molecule has 0 aliphatic heterocycles. The minimum absolute atomic E-state index is 0. The average Bonchev–Trinajstić information content (AvgIpc) is 2.78. The van der Waals surface area contributed by atoms with E-state index in [0.717, 1.165) is 0 Å². The van der Waals surface area contributed by atoms with Crippen LogP contribution in [0.2, 0.25) is 0 Å². The summed E-state index contributed by atoms with van der Waals surface area (Å²) >= 11 is 0. The number of nitrogens with one attached hydrogen (secondary N) is 2. The highest BCUT2D eigenvalue weighted by atomic mass is 35.5. The van der Waals surface area contributed by atoms with Crippen molar-refractivity contribution in [2.75, 3.05) is 19.7 Å². The molecule has 98 valence electrons. The lowest BCUT2D eigenvalue weighted by molar-refractivity contribution is 0.267. The number of halogens is 2. The highest BCUT2D eigenvalue weighted by molar-refractivity contribution is 5.85. The van der Waals surface area contributed by atoms with E-state index in [4.69, 9.17) is 4.74 Å². The van der Waals surface area contributed by atoms with Crippen molar-refractivity contribution >= 4 is 18.4 Å². The van der Waals surface area contributed by atoms with Crippen LogP contribution in [0.4, 0.5) is 10.3 Å². The largest absolute Gasteiger partial charge is 0.496 e. The summed E-state index contributed by atoms with van der Waals surface area (Å²) in [7, 11) is 2.94. The fraction of sp³-hybridized carbons (Fsp3) is 0.200. The molecule has 0 saturated heterocycles. The molecule has 1 aromatic carbocycles. The third-order valence-corrected chi connectivity index (χ3v) is 2.10. The molecular formula is C10H12ClFN4O2. The maximum Gasteiger partial charge on any atom is 0.266 e. The normalized spacial score (nSPS) is 9.72. The molecule has 0 radical (unpaired) electrons. The molecule has 0 aliphatic rings. The van der Waals surface area contributed by atoms with E-state index < -0.39 is 0 Å². The van der Waals surface area contributed by atoms with Gasteiger partial charge in [-0.15, -0.1) is 17.5 Å². The smallest absolute Gasteiger partial charge is 0.266 e. The summed E-state index contributed by atoms with van der Waals surface area (Å²) in [5.74, 6) is 0.777. The summed E-state index contributed by atoms with van der Waals surface area (Å²) in [6.07, 6.45) is 0. The number of anilines is 1. The molecule has 18 heavy (non-hydrogen) atoms. The first-order valence-electron chi connectivity index (χ1n) is 4.80. The van der Waals surface area contributed by atoms with Crippen LogP contribution in [0.25, 0.3) is 11.4 Å². The summed E-state index contributed by atoms with van der Waals surface area (Å²) in [6.45, 7) is 0. The molecule has 0 amide bonds. The molecule has 0 saturated carbocycles. The molecule has 2 rings (SSSR count). The van der Waals surface area contributed by atoms with E-state index in [1.165, 1.54) is 32.4 Å². The van der Waals surface area contributed by atoms with E-state index in [-0.39, 0.29) is 24.2 Å². The zero-order chi connectivity index (χ0) is 12.3. The number of methoxy groups -OCH3 is 1. The summed E-state index contributed by atoms with van der Waals surface area (Å²) in [4.78, 5) is 8.73. The summed E-state index contributed by atoms with van der Waals surface area (Å²) < 4.78 is 18.3. The molecule has 0 atom stereocenters. The first-order valence-corrected chi connectivity index (χ1v) is 4.80. The average molecular weight is 275 g/mol. The fourth-order valence-corrected chi connectivity index (χ4v) is 1.38. The molecule has 8 heteroatoms. The summed E-state index contributed by atoms with van der Waals surface area (Å²) in [6, 6.07) is 4.15. The predicted molar refractivity (Wildman–Crippen MR) is 66.2 cm³/mol. The zero-order valence-corrected chi connectivity index (χ0v) is 10.5. The molecule has 2 aromatic rings.